The van der Waals surface area contributed by atoms with Crippen LogP contribution in [0.4, 0.5) is 0 Å². The van der Waals surface area contributed by atoms with E-state index in [-0.39, 0.29) is 36.1 Å². The van der Waals surface area contributed by atoms with Crippen LogP contribution >= 0.6 is 0 Å². The second-order valence-corrected chi connectivity index (χ2v) is 9.12. The van der Waals surface area contributed by atoms with E-state index in [0.29, 0.717) is 6.42 Å². The van der Waals surface area contributed by atoms with Gasteiger partial charge in [0.1, 0.15) is 5.78 Å². The number of carboxylic acid groups (broad SMARTS) is 1. The van der Waals surface area contributed by atoms with Crippen LogP contribution in [0.5, 0.6) is 0 Å². The average Bonchev–Trinajstić information content (AvgIpc) is 2.83. The molecule has 0 heterocycles. The minimum atomic E-state index is -0.759. The standard InChI is InChI=1S/C22H40O5/c1-22(2,16-21(26)27)13-9-8-12-18-17(19(24)15-20(18)25)11-7-5-3-4-6-10-14-23/h17-19,23-24H,3-16H2,1-2H3,(H,26,27)/t17-,18-,19-/m1/s1. The summed E-state index contributed by atoms with van der Waals surface area (Å²) in [4.78, 5) is 23.2. The number of carboxylic acids is 1. The van der Waals surface area contributed by atoms with Crippen LogP contribution in [0.2, 0.25) is 0 Å². The Morgan fingerprint density at radius 1 is 1.00 bits per heavy atom. The molecule has 1 fully saturated rings. The predicted molar refractivity (Wildman–Crippen MR) is 107 cm³/mol. The molecule has 0 unspecified atom stereocenters. The molecule has 5 heteroatoms. The molecule has 158 valence electrons. The molecule has 5 nitrogen and oxygen atoms in total. The number of aliphatic hydroxyl groups is 2. The third-order valence-electron chi connectivity index (χ3n) is 6.03. The largest absolute Gasteiger partial charge is 0.481 e. The van der Waals surface area contributed by atoms with Gasteiger partial charge in [-0.1, -0.05) is 58.8 Å². The van der Waals surface area contributed by atoms with Crippen molar-refractivity contribution in [2.24, 2.45) is 17.3 Å². The van der Waals surface area contributed by atoms with Crippen molar-refractivity contribution in [2.45, 2.75) is 103 Å². The van der Waals surface area contributed by atoms with Crippen LogP contribution < -0.4 is 0 Å². The molecular formula is C22H40O5. The molecule has 27 heavy (non-hydrogen) atoms. The molecule has 0 aromatic rings. The van der Waals surface area contributed by atoms with E-state index in [1.54, 1.807) is 0 Å². The Kier molecular flexibility index (Phi) is 11.2. The van der Waals surface area contributed by atoms with E-state index in [1.165, 1.54) is 0 Å². The maximum absolute atomic E-state index is 12.3. The van der Waals surface area contributed by atoms with E-state index >= 15 is 0 Å². The first-order valence-electron chi connectivity index (χ1n) is 10.8. The number of hydrogen-bond acceptors (Lipinski definition) is 4. The molecule has 0 saturated heterocycles. The van der Waals surface area contributed by atoms with Gasteiger partial charge in [-0.25, -0.2) is 0 Å². The maximum atomic E-state index is 12.3. The molecule has 1 rings (SSSR count). The van der Waals surface area contributed by atoms with Gasteiger partial charge in [-0.3, -0.25) is 9.59 Å². The second-order valence-electron chi connectivity index (χ2n) is 9.12. The smallest absolute Gasteiger partial charge is 0.303 e. The monoisotopic (exact) mass is 384 g/mol. The Labute approximate surface area is 164 Å². The molecule has 1 aliphatic carbocycles. The highest BCUT2D eigenvalue weighted by Crippen LogP contribution is 2.37. The quantitative estimate of drug-likeness (QED) is 0.365. The highest BCUT2D eigenvalue weighted by molar-refractivity contribution is 5.84. The minimum absolute atomic E-state index is 0.0167. The van der Waals surface area contributed by atoms with E-state index in [0.717, 1.165) is 70.6 Å². The Morgan fingerprint density at radius 3 is 2.22 bits per heavy atom. The lowest BCUT2D eigenvalue weighted by Gasteiger charge is -2.24. The topological polar surface area (TPSA) is 94.8 Å². The van der Waals surface area contributed by atoms with Gasteiger partial charge in [-0.2, -0.15) is 0 Å². The number of Topliss-reactive ketones (excluding diaryl/α,β-unsaturated/α-hetero) is 1. The normalized spacial score (nSPS) is 23.1. The maximum Gasteiger partial charge on any atom is 0.303 e. The summed E-state index contributed by atoms with van der Waals surface area (Å²) in [6.07, 6.45) is 10.8. The zero-order chi connectivity index (χ0) is 20.3. The molecule has 0 amide bonds. The van der Waals surface area contributed by atoms with Crippen molar-refractivity contribution in [3.63, 3.8) is 0 Å². The lowest BCUT2D eigenvalue weighted by molar-refractivity contribution is -0.139. The molecule has 0 radical (unpaired) electrons. The van der Waals surface area contributed by atoms with Gasteiger partial charge in [-0.05, 0) is 37.0 Å². The molecule has 0 aromatic carbocycles. The van der Waals surface area contributed by atoms with Crippen LogP contribution in [-0.2, 0) is 9.59 Å². The van der Waals surface area contributed by atoms with Gasteiger partial charge in [0.2, 0.25) is 0 Å². The molecule has 3 N–H and O–H groups in total. The van der Waals surface area contributed by atoms with Gasteiger partial charge in [0.05, 0.1) is 12.5 Å². The summed E-state index contributed by atoms with van der Waals surface area (Å²) < 4.78 is 0. The van der Waals surface area contributed by atoms with Crippen LogP contribution in [0.1, 0.15) is 97.3 Å². The Balaban J connectivity index is 2.30. The summed E-state index contributed by atoms with van der Waals surface area (Å²) in [6.45, 7) is 4.23. The van der Waals surface area contributed by atoms with Crippen LogP contribution in [0, 0.1) is 17.3 Å². The number of hydrogen-bond donors (Lipinski definition) is 3. The number of ketones is 1. The predicted octanol–water partition coefficient (Wildman–Crippen LogP) is 4.34. The number of carbonyl (C=O) groups excluding carboxylic acids is 1. The van der Waals surface area contributed by atoms with Crippen molar-refractivity contribution in [1.29, 1.82) is 0 Å². The summed E-state index contributed by atoms with van der Waals surface area (Å²) in [7, 11) is 0. The van der Waals surface area contributed by atoms with Gasteiger partial charge in [-0.15, -0.1) is 0 Å². The minimum Gasteiger partial charge on any atom is -0.481 e. The van der Waals surface area contributed by atoms with Crippen LogP contribution in [0.15, 0.2) is 0 Å². The lowest BCUT2D eigenvalue weighted by Crippen LogP contribution is -2.21. The summed E-state index contributed by atoms with van der Waals surface area (Å²) in [6, 6.07) is 0. The first-order chi connectivity index (χ1) is 12.8. The fourth-order valence-corrected chi connectivity index (χ4v) is 4.45. The summed E-state index contributed by atoms with van der Waals surface area (Å²) in [5.74, 6) is -0.468. The third kappa shape index (κ3) is 9.70. The molecule has 3 atom stereocenters. The van der Waals surface area contributed by atoms with Gasteiger partial charge < -0.3 is 15.3 Å². The van der Waals surface area contributed by atoms with Crippen molar-refractivity contribution in [3.05, 3.63) is 0 Å². The van der Waals surface area contributed by atoms with Crippen molar-refractivity contribution < 1.29 is 24.9 Å². The molecule has 1 saturated carbocycles. The Morgan fingerprint density at radius 2 is 1.59 bits per heavy atom. The zero-order valence-electron chi connectivity index (χ0n) is 17.3. The number of carbonyl (C=O) groups is 2. The Hall–Kier alpha value is -0.940. The number of unbranched alkanes of at least 4 members (excludes halogenated alkanes) is 6. The molecule has 0 bridgehead atoms. The van der Waals surface area contributed by atoms with E-state index in [2.05, 4.69) is 0 Å². The van der Waals surface area contributed by atoms with E-state index in [9.17, 15) is 14.7 Å². The van der Waals surface area contributed by atoms with Gasteiger partial charge in [0.25, 0.3) is 0 Å². The average molecular weight is 385 g/mol. The van der Waals surface area contributed by atoms with Crippen molar-refractivity contribution in [2.75, 3.05) is 6.61 Å². The molecule has 0 aliphatic heterocycles. The van der Waals surface area contributed by atoms with Gasteiger partial charge >= 0.3 is 5.97 Å². The SMILES string of the molecule is CC(C)(CCCC[C@H]1C(=O)C[C@@H](O)[C@@H]1CCCCCCCCO)CC(=O)O. The molecule has 0 spiro atoms. The van der Waals surface area contributed by atoms with Crippen LogP contribution in [0.25, 0.3) is 0 Å². The fourth-order valence-electron chi connectivity index (χ4n) is 4.45. The van der Waals surface area contributed by atoms with Crippen molar-refractivity contribution in [3.8, 4) is 0 Å². The number of rotatable bonds is 15. The summed E-state index contributed by atoms with van der Waals surface area (Å²) >= 11 is 0. The van der Waals surface area contributed by atoms with Crippen LogP contribution in [0.3, 0.4) is 0 Å². The Bertz CT molecular complexity index is 446. The van der Waals surface area contributed by atoms with Gasteiger partial charge in [0, 0.05) is 18.9 Å². The highest BCUT2D eigenvalue weighted by Gasteiger charge is 2.40. The zero-order valence-corrected chi connectivity index (χ0v) is 17.3. The lowest BCUT2D eigenvalue weighted by atomic mass is 9.81. The highest BCUT2D eigenvalue weighted by atomic mass is 16.4. The van der Waals surface area contributed by atoms with Crippen molar-refractivity contribution >= 4 is 11.8 Å². The van der Waals surface area contributed by atoms with Crippen molar-refractivity contribution in [1.82, 2.24) is 0 Å². The van der Waals surface area contributed by atoms with E-state index in [1.807, 2.05) is 13.8 Å². The molecule has 1 aliphatic rings. The number of aliphatic hydroxyl groups excluding tert-OH is 2. The summed E-state index contributed by atoms with van der Waals surface area (Å²) in [5, 5.41) is 28.0. The number of aliphatic carboxylic acids is 1. The first kappa shape index (κ1) is 24.1. The van der Waals surface area contributed by atoms with E-state index < -0.39 is 12.1 Å². The van der Waals surface area contributed by atoms with E-state index in [4.69, 9.17) is 10.2 Å². The summed E-state index contributed by atoms with van der Waals surface area (Å²) in [5.41, 5.74) is -0.208. The molecule has 0 aromatic heterocycles. The van der Waals surface area contributed by atoms with Crippen LogP contribution in [-0.4, -0.2) is 39.8 Å². The molecular weight excluding hydrogens is 344 g/mol. The second kappa shape index (κ2) is 12.5. The first-order valence-corrected chi connectivity index (χ1v) is 10.8. The third-order valence-corrected chi connectivity index (χ3v) is 6.03. The van der Waals surface area contributed by atoms with Gasteiger partial charge in [0.15, 0.2) is 0 Å². The fraction of sp³-hybridized carbons (Fsp3) is 0.909.